The summed E-state index contributed by atoms with van der Waals surface area (Å²) in [6, 6.07) is 15.1. The van der Waals surface area contributed by atoms with Gasteiger partial charge in [0.1, 0.15) is 5.75 Å². The molecule has 6 nitrogen and oxygen atoms in total. The highest BCUT2D eigenvalue weighted by Gasteiger charge is 2.15. The van der Waals surface area contributed by atoms with Gasteiger partial charge in [-0.05, 0) is 54.9 Å². The molecule has 2 aromatic carbocycles. The standard InChI is InChI=1S/C26H35N3O3/c1-3-19-32-24-11-7-22(8-12-24)25(30)13-14-26(31)27-23-9-5-21(6-10-23)20-29-17-15-28(4-2)16-18-29/h5-12H,3-4,13-20H2,1-2H3,(H,27,31). The van der Waals surface area contributed by atoms with E-state index in [1.807, 2.05) is 19.1 Å². The summed E-state index contributed by atoms with van der Waals surface area (Å²) in [5, 5.41) is 2.89. The fraction of sp³-hybridized carbons (Fsp3) is 0.462. The average molecular weight is 438 g/mol. The van der Waals surface area contributed by atoms with E-state index in [-0.39, 0.29) is 24.5 Å². The van der Waals surface area contributed by atoms with Crippen molar-refractivity contribution in [1.82, 2.24) is 9.80 Å². The molecule has 1 heterocycles. The van der Waals surface area contributed by atoms with Gasteiger partial charge in [0.05, 0.1) is 6.61 Å². The number of ether oxygens (including phenoxy) is 1. The first-order chi connectivity index (χ1) is 15.6. The molecule has 0 bridgehead atoms. The van der Waals surface area contributed by atoms with Crippen LogP contribution in [0.5, 0.6) is 5.75 Å². The van der Waals surface area contributed by atoms with Gasteiger partial charge in [-0.2, -0.15) is 0 Å². The van der Waals surface area contributed by atoms with Crippen LogP contribution >= 0.6 is 0 Å². The minimum atomic E-state index is -0.148. The molecule has 2 aromatic rings. The Labute approximate surface area is 191 Å². The van der Waals surface area contributed by atoms with Crippen LogP contribution in [0.4, 0.5) is 5.69 Å². The van der Waals surface area contributed by atoms with Crippen molar-refractivity contribution >= 4 is 17.4 Å². The largest absolute Gasteiger partial charge is 0.494 e. The van der Waals surface area contributed by atoms with Crippen molar-refractivity contribution < 1.29 is 14.3 Å². The molecule has 0 aromatic heterocycles. The second kappa shape index (κ2) is 12.4. The number of hydrogen-bond acceptors (Lipinski definition) is 5. The van der Waals surface area contributed by atoms with Crippen molar-refractivity contribution in [3.05, 3.63) is 59.7 Å². The number of hydrogen-bond donors (Lipinski definition) is 1. The molecular weight excluding hydrogens is 402 g/mol. The minimum Gasteiger partial charge on any atom is -0.494 e. The Bertz CT molecular complexity index is 857. The maximum Gasteiger partial charge on any atom is 0.224 e. The molecule has 3 rings (SSSR count). The summed E-state index contributed by atoms with van der Waals surface area (Å²) in [5.74, 6) is 0.568. The van der Waals surface area contributed by atoms with Gasteiger partial charge in [-0.1, -0.05) is 26.0 Å². The lowest BCUT2D eigenvalue weighted by atomic mass is 10.1. The van der Waals surface area contributed by atoms with Crippen LogP contribution in [0.1, 0.15) is 49.0 Å². The maximum atomic E-state index is 12.4. The van der Waals surface area contributed by atoms with Gasteiger partial charge in [0.25, 0.3) is 0 Å². The predicted molar refractivity (Wildman–Crippen MR) is 128 cm³/mol. The van der Waals surface area contributed by atoms with Crippen molar-refractivity contribution in [2.75, 3.05) is 44.6 Å². The van der Waals surface area contributed by atoms with E-state index in [1.54, 1.807) is 24.3 Å². The van der Waals surface area contributed by atoms with E-state index in [0.29, 0.717) is 12.2 Å². The fourth-order valence-corrected chi connectivity index (χ4v) is 3.77. The number of carbonyl (C=O) groups is 2. The van der Waals surface area contributed by atoms with Crippen molar-refractivity contribution in [1.29, 1.82) is 0 Å². The quantitative estimate of drug-likeness (QED) is 0.534. The summed E-state index contributed by atoms with van der Waals surface area (Å²) in [6.45, 7) is 11.4. The number of Topliss-reactive ketones (excluding diaryl/α,β-unsaturated/α-hetero) is 1. The number of piperazine rings is 1. The lowest BCUT2D eigenvalue weighted by molar-refractivity contribution is -0.116. The highest BCUT2D eigenvalue weighted by atomic mass is 16.5. The number of rotatable bonds is 11. The molecule has 0 unspecified atom stereocenters. The number of nitrogens with zero attached hydrogens (tertiary/aromatic N) is 2. The van der Waals surface area contributed by atoms with E-state index in [4.69, 9.17) is 4.74 Å². The summed E-state index contributed by atoms with van der Waals surface area (Å²) in [5.41, 5.74) is 2.61. The van der Waals surface area contributed by atoms with E-state index < -0.39 is 0 Å². The third-order valence-corrected chi connectivity index (χ3v) is 5.78. The molecule has 1 fully saturated rings. The van der Waals surface area contributed by atoms with E-state index in [0.717, 1.165) is 57.1 Å². The molecule has 1 N–H and O–H groups in total. The van der Waals surface area contributed by atoms with Gasteiger partial charge < -0.3 is 15.0 Å². The van der Waals surface area contributed by atoms with Crippen LogP contribution in [0, 0.1) is 0 Å². The number of amides is 1. The summed E-state index contributed by atoms with van der Waals surface area (Å²) >= 11 is 0. The smallest absolute Gasteiger partial charge is 0.224 e. The fourth-order valence-electron chi connectivity index (χ4n) is 3.77. The molecule has 1 saturated heterocycles. The Balaban J connectivity index is 1.40. The zero-order chi connectivity index (χ0) is 22.8. The number of nitrogens with one attached hydrogen (secondary N) is 1. The highest BCUT2D eigenvalue weighted by molar-refractivity contribution is 6.00. The predicted octanol–water partition coefficient (Wildman–Crippen LogP) is 4.21. The number of anilines is 1. The highest BCUT2D eigenvalue weighted by Crippen LogP contribution is 2.16. The van der Waals surface area contributed by atoms with Crippen LogP contribution in [0.3, 0.4) is 0 Å². The summed E-state index contributed by atoms with van der Waals surface area (Å²) < 4.78 is 5.53. The summed E-state index contributed by atoms with van der Waals surface area (Å²) in [4.78, 5) is 29.6. The van der Waals surface area contributed by atoms with Crippen LogP contribution in [0.25, 0.3) is 0 Å². The van der Waals surface area contributed by atoms with Gasteiger partial charge in [0.15, 0.2) is 5.78 Å². The third kappa shape index (κ3) is 7.46. The molecule has 32 heavy (non-hydrogen) atoms. The first-order valence-electron chi connectivity index (χ1n) is 11.7. The van der Waals surface area contributed by atoms with Crippen LogP contribution < -0.4 is 10.1 Å². The minimum absolute atomic E-state index is 0.0410. The van der Waals surface area contributed by atoms with Gasteiger partial charge in [0, 0.05) is 56.8 Å². The molecule has 0 atom stereocenters. The Morgan fingerprint density at radius 3 is 2.16 bits per heavy atom. The van der Waals surface area contributed by atoms with Gasteiger partial charge >= 0.3 is 0 Å². The molecule has 0 saturated carbocycles. The molecule has 172 valence electrons. The Kier molecular flexibility index (Phi) is 9.26. The lowest BCUT2D eigenvalue weighted by Crippen LogP contribution is -2.45. The van der Waals surface area contributed by atoms with E-state index in [1.165, 1.54) is 5.56 Å². The zero-order valence-corrected chi connectivity index (χ0v) is 19.3. The molecule has 1 aliphatic heterocycles. The van der Waals surface area contributed by atoms with Crippen LogP contribution in [-0.4, -0.2) is 60.8 Å². The van der Waals surface area contributed by atoms with Gasteiger partial charge in [-0.25, -0.2) is 0 Å². The zero-order valence-electron chi connectivity index (χ0n) is 19.3. The molecule has 1 aliphatic rings. The molecule has 0 radical (unpaired) electrons. The number of benzene rings is 2. The van der Waals surface area contributed by atoms with Crippen LogP contribution in [0.15, 0.2) is 48.5 Å². The maximum absolute atomic E-state index is 12.4. The number of carbonyl (C=O) groups excluding carboxylic acids is 2. The van der Waals surface area contributed by atoms with Gasteiger partial charge in [-0.3, -0.25) is 14.5 Å². The van der Waals surface area contributed by atoms with Crippen LogP contribution in [0.2, 0.25) is 0 Å². The number of ketones is 1. The second-order valence-electron chi connectivity index (χ2n) is 8.25. The van der Waals surface area contributed by atoms with Gasteiger partial charge in [0.2, 0.25) is 5.91 Å². The van der Waals surface area contributed by atoms with Crippen molar-refractivity contribution in [2.45, 2.75) is 39.7 Å². The molecule has 1 amide bonds. The molecule has 6 heteroatoms. The Hall–Kier alpha value is -2.70. The molecular formula is C26H35N3O3. The average Bonchev–Trinajstić information content (AvgIpc) is 2.83. The molecule has 0 spiro atoms. The molecule has 0 aliphatic carbocycles. The van der Waals surface area contributed by atoms with E-state index in [2.05, 4.69) is 34.2 Å². The van der Waals surface area contributed by atoms with Crippen molar-refractivity contribution in [3.8, 4) is 5.75 Å². The lowest BCUT2D eigenvalue weighted by Gasteiger charge is -2.34. The second-order valence-corrected chi connectivity index (χ2v) is 8.25. The third-order valence-electron chi connectivity index (χ3n) is 5.78. The van der Waals surface area contributed by atoms with Crippen molar-refractivity contribution in [3.63, 3.8) is 0 Å². The summed E-state index contributed by atoms with van der Waals surface area (Å²) in [6.07, 6.45) is 1.29. The van der Waals surface area contributed by atoms with E-state index in [9.17, 15) is 9.59 Å². The van der Waals surface area contributed by atoms with E-state index >= 15 is 0 Å². The number of likely N-dealkylation sites (N-methyl/N-ethyl adjacent to an activating group) is 1. The summed E-state index contributed by atoms with van der Waals surface area (Å²) in [7, 11) is 0. The van der Waals surface area contributed by atoms with Crippen molar-refractivity contribution in [2.24, 2.45) is 0 Å². The monoisotopic (exact) mass is 437 g/mol. The Morgan fingerprint density at radius 1 is 0.875 bits per heavy atom. The normalized spacial score (nSPS) is 14.8. The first-order valence-corrected chi connectivity index (χ1v) is 11.7. The van der Waals surface area contributed by atoms with Crippen LogP contribution in [-0.2, 0) is 11.3 Å². The first kappa shape index (κ1) is 24.0. The van der Waals surface area contributed by atoms with Gasteiger partial charge in [-0.15, -0.1) is 0 Å². The SMILES string of the molecule is CCCOc1ccc(C(=O)CCC(=O)Nc2ccc(CN3CCN(CC)CC3)cc2)cc1. The Morgan fingerprint density at radius 2 is 1.53 bits per heavy atom. The topological polar surface area (TPSA) is 61.9 Å².